The number of ether oxygens (including phenoxy) is 1. The van der Waals surface area contributed by atoms with Gasteiger partial charge in [0.1, 0.15) is 5.60 Å². The van der Waals surface area contributed by atoms with Gasteiger partial charge in [0.25, 0.3) is 0 Å². The predicted molar refractivity (Wildman–Crippen MR) is 113 cm³/mol. The van der Waals surface area contributed by atoms with Crippen molar-refractivity contribution in [1.82, 2.24) is 10.2 Å². The first-order valence-corrected chi connectivity index (χ1v) is 10.8. The van der Waals surface area contributed by atoms with E-state index in [0.29, 0.717) is 12.8 Å². The molecule has 162 valence electrons. The zero-order chi connectivity index (χ0) is 21.5. The van der Waals surface area contributed by atoms with Crippen molar-refractivity contribution in [3.63, 3.8) is 0 Å². The number of hydrogen-bond donors (Lipinski definition) is 1. The zero-order valence-electron chi connectivity index (χ0n) is 18.1. The Kier molecular flexibility index (Phi) is 5.24. The van der Waals surface area contributed by atoms with Gasteiger partial charge in [0.2, 0.25) is 11.8 Å². The number of carbonyl (C=O) groups is 3. The van der Waals surface area contributed by atoms with Crippen molar-refractivity contribution in [2.24, 2.45) is 5.41 Å². The second-order valence-corrected chi connectivity index (χ2v) is 9.92. The van der Waals surface area contributed by atoms with Crippen LogP contribution in [-0.4, -0.2) is 54.6 Å². The summed E-state index contributed by atoms with van der Waals surface area (Å²) in [7, 11) is 0. The van der Waals surface area contributed by atoms with Gasteiger partial charge in [-0.05, 0) is 57.7 Å². The van der Waals surface area contributed by atoms with E-state index < -0.39 is 5.60 Å². The van der Waals surface area contributed by atoms with Crippen LogP contribution in [0.2, 0.25) is 0 Å². The van der Waals surface area contributed by atoms with Crippen LogP contribution in [0.15, 0.2) is 24.3 Å². The first kappa shape index (κ1) is 20.7. The molecule has 2 atom stereocenters. The zero-order valence-corrected chi connectivity index (χ0v) is 18.1. The summed E-state index contributed by atoms with van der Waals surface area (Å²) < 4.78 is 5.54. The molecule has 0 aromatic heterocycles. The molecule has 3 amide bonds. The predicted octanol–water partition coefficient (Wildman–Crippen LogP) is 3.04. The smallest absolute Gasteiger partial charge is 0.410 e. The molecule has 0 bridgehead atoms. The van der Waals surface area contributed by atoms with Gasteiger partial charge in [0.05, 0.1) is 5.92 Å². The molecule has 7 nitrogen and oxygen atoms in total. The highest BCUT2D eigenvalue weighted by Gasteiger charge is 2.45. The summed E-state index contributed by atoms with van der Waals surface area (Å²) >= 11 is 0. The summed E-state index contributed by atoms with van der Waals surface area (Å²) in [6.07, 6.45) is 2.79. The number of carbonyl (C=O) groups excluding carboxylic acids is 3. The van der Waals surface area contributed by atoms with E-state index in [-0.39, 0.29) is 29.2 Å². The molecule has 3 aliphatic rings. The summed E-state index contributed by atoms with van der Waals surface area (Å²) in [6, 6.07) is 8.14. The van der Waals surface area contributed by atoms with Gasteiger partial charge in [-0.2, -0.15) is 0 Å². The van der Waals surface area contributed by atoms with E-state index in [1.54, 1.807) is 0 Å². The Morgan fingerprint density at radius 2 is 1.80 bits per heavy atom. The number of nitrogens with zero attached hydrogens (tertiary/aromatic N) is 2. The minimum Gasteiger partial charge on any atom is -0.444 e. The standard InChI is InChI=1S/C23H31N3O4/c1-22(2,3)30-21(29)26-13-11-23(15-26)10-12-25(14-23)17-6-4-16(5-7-17)18-8-9-19(27)24-20(18)28/h4-7,18H,8-15H2,1-3H3,(H,24,27,28). The Balaban J connectivity index is 1.37. The molecule has 0 aliphatic carbocycles. The summed E-state index contributed by atoms with van der Waals surface area (Å²) in [5.74, 6) is -0.640. The van der Waals surface area contributed by atoms with Crippen LogP contribution in [0.4, 0.5) is 10.5 Å². The minimum absolute atomic E-state index is 0.124. The molecular weight excluding hydrogens is 382 g/mol. The SMILES string of the molecule is CC(C)(C)OC(=O)N1CCC2(CCN(c3ccc(C4CCC(=O)NC4=O)cc3)C2)C1. The largest absolute Gasteiger partial charge is 0.444 e. The number of likely N-dealkylation sites (tertiary alicyclic amines) is 1. The second-order valence-electron chi connectivity index (χ2n) is 9.92. The van der Waals surface area contributed by atoms with Crippen LogP contribution in [0.25, 0.3) is 0 Å². The number of amides is 3. The fraction of sp³-hybridized carbons (Fsp3) is 0.609. The van der Waals surface area contributed by atoms with Gasteiger partial charge in [-0.15, -0.1) is 0 Å². The van der Waals surface area contributed by atoms with E-state index in [1.807, 2.05) is 37.8 Å². The first-order chi connectivity index (χ1) is 14.1. The topological polar surface area (TPSA) is 79.0 Å². The third-order valence-corrected chi connectivity index (χ3v) is 6.43. The number of benzene rings is 1. The molecule has 7 heteroatoms. The van der Waals surface area contributed by atoms with Gasteiger partial charge < -0.3 is 14.5 Å². The number of piperidine rings is 1. The maximum atomic E-state index is 12.4. The fourth-order valence-electron chi connectivity index (χ4n) is 4.84. The van der Waals surface area contributed by atoms with E-state index in [2.05, 4.69) is 22.3 Å². The Morgan fingerprint density at radius 3 is 2.47 bits per heavy atom. The van der Waals surface area contributed by atoms with Crippen LogP contribution in [0.1, 0.15) is 57.9 Å². The minimum atomic E-state index is -0.473. The number of imide groups is 1. The van der Waals surface area contributed by atoms with Gasteiger partial charge in [-0.25, -0.2) is 4.79 Å². The lowest BCUT2D eigenvalue weighted by atomic mass is 9.86. The normalized spacial score (nSPS) is 27.0. The summed E-state index contributed by atoms with van der Waals surface area (Å²) in [6.45, 7) is 9.06. The number of anilines is 1. The van der Waals surface area contributed by atoms with Gasteiger partial charge in [0.15, 0.2) is 0 Å². The van der Waals surface area contributed by atoms with Gasteiger partial charge >= 0.3 is 6.09 Å². The van der Waals surface area contributed by atoms with Crippen molar-refractivity contribution < 1.29 is 19.1 Å². The van der Waals surface area contributed by atoms with Crippen LogP contribution in [-0.2, 0) is 14.3 Å². The molecule has 0 radical (unpaired) electrons. The van der Waals surface area contributed by atoms with Crippen molar-refractivity contribution in [2.45, 2.75) is 58.0 Å². The number of hydrogen-bond acceptors (Lipinski definition) is 5. The quantitative estimate of drug-likeness (QED) is 0.754. The summed E-state index contributed by atoms with van der Waals surface area (Å²) in [5.41, 5.74) is 1.74. The van der Waals surface area contributed by atoms with Crippen molar-refractivity contribution in [3.05, 3.63) is 29.8 Å². The third-order valence-electron chi connectivity index (χ3n) is 6.43. The van der Waals surface area contributed by atoms with Crippen LogP contribution >= 0.6 is 0 Å². The van der Waals surface area contributed by atoms with Gasteiger partial charge in [-0.3, -0.25) is 14.9 Å². The number of rotatable bonds is 2. The molecule has 3 fully saturated rings. The molecule has 1 aromatic carbocycles. The maximum Gasteiger partial charge on any atom is 0.410 e. The molecule has 1 N–H and O–H groups in total. The Hall–Kier alpha value is -2.57. The molecule has 1 aromatic rings. The Morgan fingerprint density at radius 1 is 1.10 bits per heavy atom. The van der Waals surface area contributed by atoms with Crippen LogP contribution in [0.5, 0.6) is 0 Å². The van der Waals surface area contributed by atoms with Crippen molar-refractivity contribution in [2.75, 3.05) is 31.1 Å². The van der Waals surface area contributed by atoms with Crippen molar-refractivity contribution >= 4 is 23.6 Å². The highest BCUT2D eigenvalue weighted by Crippen LogP contribution is 2.41. The third kappa shape index (κ3) is 4.30. The number of nitrogens with one attached hydrogen (secondary N) is 1. The summed E-state index contributed by atoms with van der Waals surface area (Å²) in [5, 5.41) is 2.43. The lowest BCUT2D eigenvalue weighted by molar-refractivity contribution is -0.134. The van der Waals surface area contributed by atoms with Gasteiger partial charge in [0, 0.05) is 43.7 Å². The van der Waals surface area contributed by atoms with E-state index in [9.17, 15) is 14.4 Å². The van der Waals surface area contributed by atoms with Crippen molar-refractivity contribution in [3.8, 4) is 0 Å². The van der Waals surface area contributed by atoms with Crippen LogP contribution in [0.3, 0.4) is 0 Å². The molecule has 0 saturated carbocycles. The lowest BCUT2D eigenvalue weighted by Crippen LogP contribution is -2.39. The molecule has 4 rings (SSSR count). The summed E-state index contributed by atoms with van der Waals surface area (Å²) in [4.78, 5) is 40.1. The fourth-order valence-corrected chi connectivity index (χ4v) is 4.84. The van der Waals surface area contributed by atoms with E-state index in [0.717, 1.165) is 50.3 Å². The molecule has 3 heterocycles. The van der Waals surface area contributed by atoms with Crippen LogP contribution < -0.4 is 10.2 Å². The highest BCUT2D eigenvalue weighted by atomic mass is 16.6. The monoisotopic (exact) mass is 413 g/mol. The molecule has 3 saturated heterocycles. The van der Waals surface area contributed by atoms with Gasteiger partial charge in [-0.1, -0.05) is 12.1 Å². The first-order valence-electron chi connectivity index (χ1n) is 10.8. The Labute approximate surface area is 177 Å². The van der Waals surface area contributed by atoms with Crippen molar-refractivity contribution in [1.29, 1.82) is 0 Å². The molecule has 3 aliphatic heterocycles. The average molecular weight is 414 g/mol. The van der Waals surface area contributed by atoms with E-state index in [4.69, 9.17) is 4.74 Å². The highest BCUT2D eigenvalue weighted by molar-refractivity contribution is 6.00. The molecular formula is C23H31N3O4. The molecule has 2 unspecified atom stereocenters. The van der Waals surface area contributed by atoms with Crippen LogP contribution in [0, 0.1) is 5.41 Å². The lowest BCUT2D eigenvalue weighted by Gasteiger charge is -2.27. The molecule has 1 spiro atoms. The molecule has 30 heavy (non-hydrogen) atoms. The van der Waals surface area contributed by atoms with E-state index in [1.165, 1.54) is 0 Å². The Bertz CT molecular complexity index is 845. The maximum absolute atomic E-state index is 12.4. The van der Waals surface area contributed by atoms with E-state index >= 15 is 0 Å². The second kappa shape index (κ2) is 7.60. The average Bonchev–Trinajstić information content (AvgIpc) is 3.28.